The lowest BCUT2D eigenvalue weighted by Gasteiger charge is -2.36. The quantitative estimate of drug-likeness (QED) is 0.538. The van der Waals surface area contributed by atoms with Gasteiger partial charge >= 0.3 is 0 Å². The summed E-state index contributed by atoms with van der Waals surface area (Å²) in [6.45, 7) is 6.25. The monoisotopic (exact) mass is 391 g/mol. The molecule has 1 heterocycles. The van der Waals surface area contributed by atoms with Gasteiger partial charge in [-0.05, 0) is 31.9 Å². The number of halogens is 1. The molecule has 2 N–H and O–H groups in total. The van der Waals surface area contributed by atoms with Gasteiger partial charge in [0.05, 0.1) is 13.1 Å². The van der Waals surface area contributed by atoms with E-state index < -0.39 is 0 Å². The fourth-order valence-corrected chi connectivity index (χ4v) is 3.20. The summed E-state index contributed by atoms with van der Waals surface area (Å²) >= 11 is 0. The fraction of sp³-hybridized carbons (Fsp3) is 0.600. The number of benzene rings is 1. The summed E-state index contributed by atoms with van der Waals surface area (Å²) in [7, 11) is 1.76. The van der Waals surface area contributed by atoms with Gasteiger partial charge in [0, 0.05) is 45.3 Å². The van der Waals surface area contributed by atoms with Crippen LogP contribution in [0, 0.1) is 5.82 Å². The Hall–Kier alpha value is -2.35. The molecule has 1 aromatic carbocycles. The van der Waals surface area contributed by atoms with Gasteiger partial charge in [0.25, 0.3) is 0 Å². The van der Waals surface area contributed by atoms with E-state index in [4.69, 9.17) is 4.74 Å². The molecule has 1 aliphatic heterocycles. The molecule has 0 radical (unpaired) electrons. The normalized spacial score (nSPS) is 19.2. The maximum absolute atomic E-state index is 13.3. The molecule has 2 fully saturated rings. The van der Waals surface area contributed by atoms with Gasteiger partial charge in [0.1, 0.15) is 17.7 Å². The number of carbonyl (C=O) groups is 1. The number of aliphatic imine (C=N–C) groups is 1. The molecular formula is C20H30FN5O2. The highest BCUT2D eigenvalue weighted by Gasteiger charge is 2.26. The number of hydrogen-bond acceptors (Lipinski definition) is 4. The third-order valence-corrected chi connectivity index (χ3v) is 4.87. The van der Waals surface area contributed by atoms with Crippen molar-refractivity contribution in [2.75, 3.05) is 46.3 Å². The van der Waals surface area contributed by atoms with Crippen LogP contribution < -0.4 is 15.4 Å². The van der Waals surface area contributed by atoms with E-state index in [0.29, 0.717) is 24.9 Å². The third-order valence-electron chi connectivity index (χ3n) is 4.87. The minimum atomic E-state index is -0.308. The number of amides is 1. The summed E-state index contributed by atoms with van der Waals surface area (Å²) in [5, 5.41) is 6.36. The van der Waals surface area contributed by atoms with Crippen LogP contribution in [0.4, 0.5) is 4.39 Å². The summed E-state index contributed by atoms with van der Waals surface area (Å²) < 4.78 is 19.0. The summed E-state index contributed by atoms with van der Waals surface area (Å²) in [6.07, 6.45) is 2.09. The lowest BCUT2D eigenvalue weighted by molar-refractivity contribution is -0.122. The second kappa shape index (κ2) is 9.73. The highest BCUT2D eigenvalue weighted by molar-refractivity contribution is 5.80. The second-order valence-corrected chi connectivity index (χ2v) is 7.42. The lowest BCUT2D eigenvalue weighted by Crippen LogP contribution is -2.54. The maximum atomic E-state index is 13.3. The van der Waals surface area contributed by atoms with Gasteiger partial charge in [0.15, 0.2) is 5.96 Å². The van der Waals surface area contributed by atoms with Crippen LogP contribution in [0.25, 0.3) is 0 Å². The molecule has 2 aliphatic rings. The van der Waals surface area contributed by atoms with Crippen molar-refractivity contribution in [3.05, 3.63) is 30.1 Å². The molecule has 0 spiro atoms. The second-order valence-electron chi connectivity index (χ2n) is 7.42. The molecule has 28 heavy (non-hydrogen) atoms. The molecular weight excluding hydrogens is 361 g/mol. The molecule has 0 aromatic heterocycles. The van der Waals surface area contributed by atoms with Crippen LogP contribution in [0.5, 0.6) is 5.75 Å². The van der Waals surface area contributed by atoms with Crippen molar-refractivity contribution < 1.29 is 13.9 Å². The molecule has 3 rings (SSSR count). The Kier molecular flexibility index (Phi) is 7.08. The Labute approximate surface area is 165 Å². The zero-order valence-corrected chi connectivity index (χ0v) is 16.7. The van der Waals surface area contributed by atoms with Gasteiger partial charge in [0.2, 0.25) is 5.91 Å². The van der Waals surface area contributed by atoms with E-state index in [2.05, 4.69) is 25.4 Å². The molecule has 0 bridgehead atoms. The number of piperazine rings is 1. The van der Waals surface area contributed by atoms with Crippen LogP contribution in [0.3, 0.4) is 0 Å². The van der Waals surface area contributed by atoms with Gasteiger partial charge in [-0.25, -0.2) is 4.39 Å². The van der Waals surface area contributed by atoms with E-state index in [1.54, 1.807) is 19.2 Å². The molecule has 1 aromatic rings. The summed E-state index contributed by atoms with van der Waals surface area (Å²) in [4.78, 5) is 20.7. The van der Waals surface area contributed by atoms with E-state index in [9.17, 15) is 9.18 Å². The fourth-order valence-electron chi connectivity index (χ4n) is 3.20. The Morgan fingerprint density at radius 3 is 2.71 bits per heavy atom. The van der Waals surface area contributed by atoms with Crippen LogP contribution in [0.15, 0.2) is 29.3 Å². The van der Waals surface area contributed by atoms with E-state index in [1.807, 2.05) is 6.92 Å². The predicted octanol–water partition coefficient (Wildman–Crippen LogP) is 1.06. The molecule has 1 amide bonds. The van der Waals surface area contributed by atoms with Gasteiger partial charge in [-0.1, -0.05) is 6.07 Å². The van der Waals surface area contributed by atoms with E-state index in [-0.39, 0.29) is 17.8 Å². The first-order chi connectivity index (χ1) is 13.5. The van der Waals surface area contributed by atoms with Crippen LogP contribution >= 0.6 is 0 Å². The number of guanidine groups is 1. The number of nitrogens with one attached hydrogen (secondary N) is 2. The highest BCUT2D eigenvalue weighted by atomic mass is 19.1. The van der Waals surface area contributed by atoms with Crippen molar-refractivity contribution in [2.24, 2.45) is 4.99 Å². The van der Waals surface area contributed by atoms with E-state index in [0.717, 1.165) is 45.0 Å². The first-order valence-corrected chi connectivity index (χ1v) is 9.93. The molecule has 1 aliphatic carbocycles. The highest BCUT2D eigenvalue weighted by Crippen LogP contribution is 2.18. The third kappa shape index (κ3) is 6.37. The average Bonchev–Trinajstić information content (AvgIpc) is 3.47. The minimum absolute atomic E-state index is 0.127. The SMILES string of the molecule is CN=C(NCC(C)Oc1cccc(F)c1)N1CCN(CC(=O)NC2CC2)CC1. The molecule has 1 unspecified atom stereocenters. The Morgan fingerprint density at radius 1 is 1.32 bits per heavy atom. The summed E-state index contributed by atoms with van der Waals surface area (Å²) in [5.74, 6) is 1.15. The molecule has 1 saturated heterocycles. The summed E-state index contributed by atoms with van der Waals surface area (Å²) in [6, 6.07) is 6.56. The number of ether oxygens (including phenoxy) is 1. The topological polar surface area (TPSA) is 69.2 Å². The van der Waals surface area contributed by atoms with Crippen LogP contribution in [-0.4, -0.2) is 80.1 Å². The minimum Gasteiger partial charge on any atom is -0.489 e. The van der Waals surface area contributed by atoms with Crippen molar-refractivity contribution in [1.29, 1.82) is 0 Å². The van der Waals surface area contributed by atoms with Gasteiger partial charge in [-0.15, -0.1) is 0 Å². The number of rotatable bonds is 7. The van der Waals surface area contributed by atoms with Gasteiger partial charge in [-0.3, -0.25) is 14.7 Å². The molecule has 7 nitrogen and oxygen atoms in total. The Bertz CT molecular complexity index is 687. The van der Waals surface area contributed by atoms with Crippen LogP contribution in [0.2, 0.25) is 0 Å². The Balaban J connectivity index is 1.38. The van der Waals surface area contributed by atoms with Crippen molar-refractivity contribution in [3.63, 3.8) is 0 Å². The lowest BCUT2D eigenvalue weighted by atomic mass is 10.3. The predicted molar refractivity (Wildman–Crippen MR) is 107 cm³/mol. The summed E-state index contributed by atoms with van der Waals surface area (Å²) in [5.41, 5.74) is 0. The molecule has 154 valence electrons. The first kappa shape index (κ1) is 20.4. The molecule has 8 heteroatoms. The number of nitrogens with zero attached hydrogens (tertiary/aromatic N) is 3. The van der Waals surface area contributed by atoms with E-state index in [1.165, 1.54) is 12.1 Å². The van der Waals surface area contributed by atoms with E-state index >= 15 is 0 Å². The van der Waals surface area contributed by atoms with Gasteiger partial charge < -0.3 is 20.3 Å². The maximum Gasteiger partial charge on any atom is 0.234 e. The van der Waals surface area contributed by atoms with Crippen molar-refractivity contribution >= 4 is 11.9 Å². The van der Waals surface area contributed by atoms with Crippen molar-refractivity contribution in [2.45, 2.75) is 31.9 Å². The van der Waals surface area contributed by atoms with Crippen LogP contribution in [0.1, 0.15) is 19.8 Å². The first-order valence-electron chi connectivity index (χ1n) is 9.93. The average molecular weight is 391 g/mol. The van der Waals surface area contributed by atoms with Crippen LogP contribution in [-0.2, 0) is 4.79 Å². The number of carbonyl (C=O) groups excluding carboxylic acids is 1. The smallest absolute Gasteiger partial charge is 0.234 e. The molecule has 1 saturated carbocycles. The standard InChI is InChI=1S/C20H30FN5O2/c1-15(28-18-5-3-4-16(21)12-18)13-23-20(22-2)26-10-8-25(9-11-26)14-19(27)24-17-6-7-17/h3-5,12,15,17H,6-11,13-14H2,1-2H3,(H,22,23)(H,24,27). The number of hydrogen-bond donors (Lipinski definition) is 2. The zero-order valence-electron chi connectivity index (χ0n) is 16.7. The zero-order chi connectivity index (χ0) is 19.9. The largest absolute Gasteiger partial charge is 0.489 e. The van der Waals surface area contributed by atoms with Crippen molar-refractivity contribution in [1.82, 2.24) is 20.4 Å². The van der Waals surface area contributed by atoms with Gasteiger partial charge in [-0.2, -0.15) is 0 Å². The van der Waals surface area contributed by atoms with Crippen molar-refractivity contribution in [3.8, 4) is 5.75 Å². The molecule has 1 atom stereocenters. The Morgan fingerprint density at radius 2 is 2.07 bits per heavy atom.